The van der Waals surface area contributed by atoms with Gasteiger partial charge in [0, 0.05) is 35.4 Å². The van der Waals surface area contributed by atoms with Gasteiger partial charge in [-0.2, -0.15) is 18.3 Å². The van der Waals surface area contributed by atoms with Crippen LogP contribution in [0.5, 0.6) is 5.88 Å². The average Bonchev–Trinajstić information content (AvgIpc) is 3.37. The molecule has 194 valence electrons. The molecule has 0 radical (unpaired) electrons. The molecule has 0 aliphatic carbocycles. The number of alkyl halides is 3. The number of hydrogen-bond acceptors (Lipinski definition) is 8. The number of pyridine rings is 1. The second kappa shape index (κ2) is 11.1. The second-order valence-corrected chi connectivity index (χ2v) is 7.58. The molecule has 9 nitrogen and oxygen atoms in total. The first-order chi connectivity index (χ1) is 17.4. The topological polar surface area (TPSA) is 117 Å². The van der Waals surface area contributed by atoms with Crippen LogP contribution in [0.15, 0.2) is 60.1 Å². The molecule has 3 N–H and O–H groups in total. The van der Waals surface area contributed by atoms with Gasteiger partial charge in [-0.1, -0.05) is 18.2 Å². The molecule has 0 fully saturated rings. The molecule has 0 aliphatic heterocycles. The minimum absolute atomic E-state index is 0.0252. The quantitative estimate of drug-likeness (QED) is 0.240. The molecule has 2 aromatic heterocycles. The number of nitrogens with zero attached hydrogens (tertiary/aromatic N) is 4. The molecule has 14 heteroatoms. The Kier molecular flexibility index (Phi) is 8.17. The van der Waals surface area contributed by atoms with Crippen LogP contribution in [0, 0.1) is 5.82 Å². The molecule has 0 saturated heterocycles. The molecular formula is C23H19ClF4N6O3. The fourth-order valence-corrected chi connectivity index (χ4v) is 3.14. The van der Waals surface area contributed by atoms with Crippen molar-refractivity contribution in [3.63, 3.8) is 0 Å². The summed E-state index contributed by atoms with van der Waals surface area (Å²) in [5.41, 5.74) is 5.49. The van der Waals surface area contributed by atoms with Gasteiger partial charge in [0.2, 0.25) is 5.88 Å². The average molecular weight is 539 g/mol. The van der Waals surface area contributed by atoms with Gasteiger partial charge in [0.15, 0.2) is 5.69 Å². The van der Waals surface area contributed by atoms with Crippen molar-refractivity contribution in [1.29, 1.82) is 0 Å². The van der Waals surface area contributed by atoms with E-state index in [0.29, 0.717) is 5.69 Å². The van der Waals surface area contributed by atoms with Crippen molar-refractivity contribution >= 4 is 40.9 Å². The Balaban J connectivity index is 2.07. The van der Waals surface area contributed by atoms with Crippen molar-refractivity contribution in [2.45, 2.75) is 6.18 Å². The summed E-state index contributed by atoms with van der Waals surface area (Å²) in [5.74, 6) is -1.69. The number of esters is 1. The maximum absolute atomic E-state index is 13.4. The number of aromatic nitrogens is 3. The lowest BCUT2D eigenvalue weighted by molar-refractivity contribution is -0.141. The number of aliphatic imine (C=N–C) groups is 1. The van der Waals surface area contributed by atoms with E-state index in [9.17, 15) is 22.4 Å². The monoisotopic (exact) mass is 538 g/mol. The van der Waals surface area contributed by atoms with Gasteiger partial charge in [0.1, 0.15) is 23.0 Å². The Bertz CT molecular complexity index is 1400. The third kappa shape index (κ3) is 6.44. The molecule has 2 heterocycles. The highest BCUT2D eigenvalue weighted by Crippen LogP contribution is 2.29. The Morgan fingerprint density at radius 1 is 1.27 bits per heavy atom. The number of anilines is 1. The van der Waals surface area contributed by atoms with Crippen LogP contribution in [0.1, 0.15) is 21.6 Å². The fraction of sp³-hybridized carbons (Fsp3) is 0.130. The molecule has 0 unspecified atom stereocenters. The zero-order valence-corrected chi connectivity index (χ0v) is 20.1. The number of rotatable bonds is 8. The number of allylic oxidation sites excluding steroid dienone is 1. The van der Waals surface area contributed by atoms with Crippen LogP contribution in [0.3, 0.4) is 0 Å². The highest BCUT2D eigenvalue weighted by molar-refractivity contribution is 6.31. The number of nitrogens with one attached hydrogen (secondary N) is 1. The van der Waals surface area contributed by atoms with Gasteiger partial charge >= 0.3 is 12.1 Å². The second-order valence-electron chi connectivity index (χ2n) is 7.17. The van der Waals surface area contributed by atoms with Crippen molar-refractivity contribution < 1.29 is 31.8 Å². The first-order valence-corrected chi connectivity index (χ1v) is 10.5. The van der Waals surface area contributed by atoms with Crippen LogP contribution >= 0.6 is 11.6 Å². The number of methoxy groups -OCH3 is 2. The zero-order chi connectivity index (χ0) is 27.3. The van der Waals surface area contributed by atoms with Crippen molar-refractivity contribution in [1.82, 2.24) is 14.8 Å². The predicted octanol–water partition coefficient (Wildman–Crippen LogP) is 4.82. The highest BCUT2D eigenvalue weighted by atomic mass is 35.5. The molecule has 0 amide bonds. The van der Waals surface area contributed by atoms with Gasteiger partial charge in [0.25, 0.3) is 0 Å². The Hall–Kier alpha value is -4.39. The molecule has 0 atom stereocenters. The van der Waals surface area contributed by atoms with Gasteiger partial charge in [-0.15, -0.1) is 0 Å². The van der Waals surface area contributed by atoms with Gasteiger partial charge in [-0.3, -0.25) is 0 Å². The molecule has 0 bridgehead atoms. The SMILES string of the molecule is C=C(N=C/C(=C(\N)n1ccc(C(F)(F)F)n1)c1cnc(OC)c(C(=O)OC)c1)Nc1ccc(F)c(Cl)c1. The van der Waals surface area contributed by atoms with Gasteiger partial charge in [-0.05, 0) is 30.3 Å². The summed E-state index contributed by atoms with van der Waals surface area (Å²) in [6.07, 6.45) is -1.25. The third-order valence-electron chi connectivity index (χ3n) is 4.72. The van der Waals surface area contributed by atoms with Gasteiger partial charge in [0.05, 0.1) is 19.2 Å². The molecule has 0 aliphatic rings. The summed E-state index contributed by atoms with van der Waals surface area (Å²) in [6, 6.07) is 5.90. The van der Waals surface area contributed by atoms with Crippen LogP contribution < -0.4 is 15.8 Å². The van der Waals surface area contributed by atoms with E-state index in [2.05, 4.69) is 27.0 Å². The Labute approximate surface area is 212 Å². The minimum Gasteiger partial charge on any atom is -0.480 e. The number of carbonyl (C=O) groups is 1. The summed E-state index contributed by atoms with van der Waals surface area (Å²) >= 11 is 5.77. The van der Waals surface area contributed by atoms with E-state index in [-0.39, 0.29) is 39.2 Å². The number of halogens is 5. The molecule has 0 spiro atoms. The van der Waals surface area contributed by atoms with E-state index in [1.54, 1.807) is 0 Å². The molecule has 3 rings (SSSR count). The number of hydrogen-bond donors (Lipinski definition) is 2. The summed E-state index contributed by atoms with van der Waals surface area (Å²) in [4.78, 5) is 20.4. The number of ether oxygens (including phenoxy) is 2. The first-order valence-electron chi connectivity index (χ1n) is 10.1. The lowest BCUT2D eigenvalue weighted by Gasteiger charge is -2.12. The number of carbonyl (C=O) groups excluding carboxylic acids is 1. The largest absolute Gasteiger partial charge is 0.480 e. The Morgan fingerprint density at radius 3 is 2.59 bits per heavy atom. The lowest BCUT2D eigenvalue weighted by Crippen LogP contribution is -2.14. The normalized spacial score (nSPS) is 12.3. The van der Waals surface area contributed by atoms with E-state index in [0.717, 1.165) is 30.1 Å². The van der Waals surface area contributed by atoms with Crippen LogP contribution in [0.4, 0.5) is 23.2 Å². The van der Waals surface area contributed by atoms with Crippen LogP contribution in [0.2, 0.25) is 5.02 Å². The van der Waals surface area contributed by atoms with Crippen molar-refractivity contribution in [2.75, 3.05) is 19.5 Å². The summed E-state index contributed by atoms with van der Waals surface area (Å²) in [7, 11) is 2.45. The van der Waals surface area contributed by atoms with Gasteiger partial charge < -0.3 is 20.5 Å². The smallest absolute Gasteiger partial charge is 0.435 e. The standard InChI is InChI=1S/C23H19ClF4N6O3/c1-12(32-14-4-5-18(25)17(24)9-14)30-11-16(20(29)34-7-6-19(33-34)23(26,27)28)13-8-15(22(35)37-3)21(36-2)31-10-13/h4-11,32H,1,29H2,2-3H3/b20-16-,30-11?. The summed E-state index contributed by atoms with van der Waals surface area (Å²) < 4.78 is 63.3. The van der Waals surface area contributed by atoms with E-state index in [4.69, 9.17) is 26.8 Å². The molecule has 3 aromatic rings. The number of benzene rings is 1. The van der Waals surface area contributed by atoms with Crippen LogP contribution in [-0.4, -0.2) is 41.2 Å². The van der Waals surface area contributed by atoms with Crippen LogP contribution in [-0.2, 0) is 10.9 Å². The number of nitrogens with two attached hydrogens (primary N) is 1. The molecule has 1 aromatic carbocycles. The van der Waals surface area contributed by atoms with Crippen molar-refractivity contribution in [3.8, 4) is 5.88 Å². The fourth-order valence-electron chi connectivity index (χ4n) is 2.95. The summed E-state index contributed by atoms with van der Waals surface area (Å²) in [6.45, 7) is 3.73. The van der Waals surface area contributed by atoms with Crippen molar-refractivity contribution in [2.24, 2.45) is 10.7 Å². The first kappa shape index (κ1) is 27.2. The van der Waals surface area contributed by atoms with Gasteiger partial charge in [-0.25, -0.2) is 23.8 Å². The van der Waals surface area contributed by atoms with E-state index in [1.165, 1.54) is 37.7 Å². The van der Waals surface area contributed by atoms with E-state index >= 15 is 0 Å². The zero-order valence-electron chi connectivity index (χ0n) is 19.3. The molecular weight excluding hydrogens is 520 g/mol. The molecule has 37 heavy (non-hydrogen) atoms. The lowest BCUT2D eigenvalue weighted by atomic mass is 10.1. The highest BCUT2D eigenvalue weighted by Gasteiger charge is 2.34. The maximum Gasteiger partial charge on any atom is 0.435 e. The minimum atomic E-state index is -4.70. The summed E-state index contributed by atoms with van der Waals surface area (Å²) in [5, 5.41) is 6.12. The predicted molar refractivity (Wildman–Crippen MR) is 129 cm³/mol. The molecule has 0 saturated carbocycles. The maximum atomic E-state index is 13.4. The Morgan fingerprint density at radius 2 is 2.00 bits per heavy atom. The third-order valence-corrected chi connectivity index (χ3v) is 5.01. The van der Waals surface area contributed by atoms with E-state index in [1.807, 2.05) is 0 Å². The van der Waals surface area contributed by atoms with Crippen molar-refractivity contribution in [3.05, 3.63) is 82.8 Å². The van der Waals surface area contributed by atoms with E-state index < -0.39 is 23.7 Å². The van der Waals surface area contributed by atoms with Crippen LogP contribution in [0.25, 0.3) is 11.4 Å².